The van der Waals surface area contributed by atoms with Crippen molar-refractivity contribution in [2.45, 2.75) is 69.4 Å². The molecule has 0 amide bonds. The van der Waals surface area contributed by atoms with Crippen LogP contribution in [0.2, 0.25) is 5.02 Å². The van der Waals surface area contributed by atoms with Crippen LogP contribution in [0.25, 0.3) is 43.1 Å². The fourth-order valence-corrected chi connectivity index (χ4v) is 8.27. The zero-order chi connectivity index (χ0) is 34.8. The molecule has 2 aromatic carbocycles. The number of aryl methyl sites for hydroxylation is 1. The van der Waals surface area contributed by atoms with E-state index in [2.05, 4.69) is 39.2 Å². The molecule has 0 aliphatic carbocycles. The summed E-state index contributed by atoms with van der Waals surface area (Å²) < 4.78 is 14.7. The quantitative estimate of drug-likeness (QED) is 0.240. The number of aliphatic carboxylic acids is 1. The number of carbonyl (C=O) groups is 1. The van der Waals surface area contributed by atoms with Crippen LogP contribution >= 0.6 is 22.9 Å². The van der Waals surface area contributed by atoms with Crippen LogP contribution in [-0.2, 0) is 19.5 Å². The number of pyridine rings is 1. The van der Waals surface area contributed by atoms with Gasteiger partial charge >= 0.3 is 5.97 Å². The summed E-state index contributed by atoms with van der Waals surface area (Å²) in [7, 11) is 6.53. The first-order valence-electron chi connectivity index (χ1n) is 17.0. The highest BCUT2D eigenvalue weighted by Crippen LogP contribution is 2.45. The standard InChI is InChI=1S/C35H41B3ClN5O4S/c1-18-15-24-31(27(19-5-7-21(39)8-6-19)26(18)30(33(45)46)48-34(2,3)4)49-32(41-24)23-9-10-25-29(40-23)28(42-44(25)35(36,37)38)20-11-13-43(14-12-20)22-16-47-17-22/h5-10,15,20,22,30H,11-14,16-17,36-38H2,1-4H3,(H,45,46)/t30-/m0/s1. The molecule has 0 spiro atoms. The number of halogens is 1. The van der Waals surface area contributed by atoms with Gasteiger partial charge in [-0.05, 0) is 100 Å². The zero-order valence-electron chi connectivity index (χ0n) is 29.2. The fraction of sp³-hybridized carbons (Fsp3) is 0.429. The first kappa shape index (κ1) is 34.2. The van der Waals surface area contributed by atoms with Crippen LogP contribution in [0, 0.1) is 6.92 Å². The largest absolute Gasteiger partial charge is 0.479 e. The summed E-state index contributed by atoms with van der Waals surface area (Å²) in [6.07, 6.45) is 0.894. The van der Waals surface area contributed by atoms with Gasteiger partial charge in [-0.1, -0.05) is 23.7 Å². The van der Waals surface area contributed by atoms with Gasteiger partial charge in [0.05, 0.1) is 52.0 Å². The lowest BCUT2D eigenvalue weighted by Gasteiger charge is -2.41. The van der Waals surface area contributed by atoms with Gasteiger partial charge < -0.3 is 14.6 Å². The summed E-state index contributed by atoms with van der Waals surface area (Å²) in [6, 6.07) is 14.2. The van der Waals surface area contributed by atoms with Crippen LogP contribution in [0.1, 0.15) is 62.5 Å². The van der Waals surface area contributed by atoms with Gasteiger partial charge in [0.15, 0.2) is 6.10 Å². The van der Waals surface area contributed by atoms with Crippen molar-refractivity contribution in [2.24, 2.45) is 0 Å². The van der Waals surface area contributed by atoms with E-state index in [4.69, 9.17) is 36.1 Å². The van der Waals surface area contributed by atoms with E-state index in [1.165, 1.54) is 11.3 Å². The Morgan fingerprint density at radius 1 is 1.08 bits per heavy atom. The number of piperidine rings is 1. The van der Waals surface area contributed by atoms with Crippen molar-refractivity contribution in [3.05, 3.63) is 64.3 Å². The van der Waals surface area contributed by atoms with Gasteiger partial charge in [-0.3, -0.25) is 9.58 Å². The van der Waals surface area contributed by atoms with E-state index < -0.39 is 17.7 Å². The lowest BCUT2D eigenvalue weighted by molar-refractivity contribution is -0.160. The second kappa shape index (κ2) is 12.8. The van der Waals surface area contributed by atoms with Crippen molar-refractivity contribution < 1.29 is 19.4 Å². The second-order valence-electron chi connectivity index (χ2n) is 15.3. The van der Waals surface area contributed by atoms with Crippen molar-refractivity contribution in [1.82, 2.24) is 24.6 Å². The third kappa shape index (κ3) is 6.68. The van der Waals surface area contributed by atoms with Gasteiger partial charge in [-0.15, -0.1) is 11.3 Å². The minimum absolute atomic E-state index is 0.212. The van der Waals surface area contributed by atoms with E-state index in [0.717, 1.165) is 93.5 Å². The summed E-state index contributed by atoms with van der Waals surface area (Å²) >= 11 is 7.82. The van der Waals surface area contributed by atoms with Crippen molar-refractivity contribution in [2.75, 3.05) is 26.3 Å². The van der Waals surface area contributed by atoms with Crippen LogP contribution in [0.15, 0.2) is 42.5 Å². The number of benzene rings is 2. The van der Waals surface area contributed by atoms with Crippen LogP contribution in [0.4, 0.5) is 0 Å². The normalized spacial score (nSPS) is 17.5. The summed E-state index contributed by atoms with van der Waals surface area (Å²) in [4.78, 5) is 25.7. The zero-order valence-corrected chi connectivity index (χ0v) is 30.8. The molecule has 7 rings (SSSR count). The predicted molar refractivity (Wildman–Crippen MR) is 204 cm³/mol. The maximum atomic E-state index is 12.8. The second-order valence-corrected chi connectivity index (χ2v) is 16.8. The van der Waals surface area contributed by atoms with E-state index in [1.54, 1.807) is 0 Å². The van der Waals surface area contributed by atoms with Gasteiger partial charge in [-0.25, -0.2) is 14.8 Å². The molecule has 0 radical (unpaired) electrons. The molecular formula is C35H41B3ClN5O4S. The SMILES string of the molecule is BC(B)(B)n1nc(C2CCN(C3COC3)CC2)c2nc(-c3nc4cc(C)c([C@H](OC(C)(C)C)C(=O)O)c(-c5ccc(Cl)cc5)c4s3)ccc21. The van der Waals surface area contributed by atoms with Crippen molar-refractivity contribution in [3.8, 4) is 21.8 Å². The lowest BCUT2D eigenvalue weighted by atomic mass is 9.49. The number of hydrogen-bond acceptors (Lipinski definition) is 8. The number of nitrogens with zero attached hydrogens (tertiary/aromatic N) is 5. The summed E-state index contributed by atoms with van der Waals surface area (Å²) in [5, 5.41) is 16.8. The number of thiazole rings is 1. The Morgan fingerprint density at radius 2 is 1.78 bits per heavy atom. The topological polar surface area (TPSA) is 103 Å². The number of likely N-dealkylation sites (tertiary alicyclic amines) is 1. The molecule has 2 aliphatic rings. The number of carboxylic acids is 1. The minimum Gasteiger partial charge on any atom is -0.479 e. The third-order valence-electron chi connectivity index (χ3n) is 9.48. The number of carboxylic acid groups (broad SMARTS) is 1. The summed E-state index contributed by atoms with van der Waals surface area (Å²) in [5.74, 6) is -0.723. The van der Waals surface area contributed by atoms with Gasteiger partial charge in [-0.2, -0.15) is 5.10 Å². The van der Waals surface area contributed by atoms with E-state index in [-0.39, 0.29) is 5.24 Å². The van der Waals surface area contributed by atoms with E-state index >= 15 is 0 Å². The highest BCUT2D eigenvalue weighted by molar-refractivity contribution is 7.22. The van der Waals surface area contributed by atoms with Crippen LogP contribution in [0.3, 0.4) is 0 Å². The Hall–Kier alpha value is -3.22. The highest BCUT2D eigenvalue weighted by atomic mass is 35.5. The molecule has 5 heterocycles. The highest BCUT2D eigenvalue weighted by Gasteiger charge is 2.35. The number of hydrogen-bond donors (Lipinski definition) is 1. The van der Waals surface area contributed by atoms with Crippen LogP contribution in [-0.4, -0.2) is 97.2 Å². The third-order valence-corrected chi connectivity index (χ3v) is 10.8. The van der Waals surface area contributed by atoms with Crippen molar-refractivity contribution in [1.29, 1.82) is 0 Å². The van der Waals surface area contributed by atoms with Gasteiger partial charge in [0.25, 0.3) is 0 Å². The van der Waals surface area contributed by atoms with Crippen LogP contribution in [0.5, 0.6) is 0 Å². The molecule has 2 aliphatic heterocycles. The molecule has 49 heavy (non-hydrogen) atoms. The Kier molecular flexibility index (Phi) is 8.97. The molecule has 2 saturated heterocycles. The van der Waals surface area contributed by atoms with Gasteiger partial charge in [0.1, 0.15) is 34.1 Å². The van der Waals surface area contributed by atoms with E-state index in [1.807, 2.05) is 64.1 Å². The molecule has 252 valence electrons. The number of fused-ring (bicyclic) bond motifs is 2. The molecule has 3 aromatic heterocycles. The first-order valence-corrected chi connectivity index (χ1v) is 18.2. The maximum absolute atomic E-state index is 12.8. The number of aromatic nitrogens is 4. The smallest absolute Gasteiger partial charge is 0.337 e. The molecule has 5 aromatic rings. The fourth-order valence-electron chi connectivity index (χ4n) is 7.05. The van der Waals surface area contributed by atoms with E-state index in [0.29, 0.717) is 22.5 Å². The Bertz CT molecular complexity index is 2050. The van der Waals surface area contributed by atoms with Crippen molar-refractivity contribution in [3.63, 3.8) is 0 Å². The monoisotopic (exact) mass is 695 g/mol. The molecule has 0 bridgehead atoms. The molecule has 0 saturated carbocycles. The molecule has 0 unspecified atom stereocenters. The molecule has 1 atom stereocenters. The summed E-state index contributed by atoms with van der Waals surface area (Å²) in [5.41, 5.74) is 6.93. The molecule has 2 fully saturated rings. The maximum Gasteiger partial charge on any atom is 0.337 e. The molecule has 14 heteroatoms. The van der Waals surface area contributed by atoms with Gasteiger partial charge in [0, 0.05) is 22.1 Å². The average molecular weight is 696 g/mol. The molecule has 1 N–H and O–H groups in total. The predicted octanol–water partition coefficient (Wildman–Crippen LogP) is 4.32. The van der Waals surface area contributed by atoms with E-state index in [9.17, 15) is 9.90 Å². The Balaban J connectivity index is 1.36. The van der Waals surface area contributed by atoms with Gasteiger partial charge in [0.2, 0.25) is 0 Å². The first-order chi connectivity index (χ1) is 23.2. The molecule has 9 nitrogen and oxygen atoms in total. The summed E-state index contributed by atoms with van der Waals surface area (Å²) in [6.45, 7) is 11.3. The minimum atomic E-state index is -1.18. The lowest BCUT2D eigenvalue weighted by Crippen LogP contribution is -2.51. The number of ether oxygens (including phenoxy) is 2. The average Bonchev–Trinajstić information content (AvgIpc) is 3.60. The molecular weight excluding hydrogens is 654 g/mol. The Labute approximate surface area is 298 Å². The van der Waals surface area contributed by atoms with Crippen molar-refractivity contribution >= 4 is 73.7 Å². The Morgan fingerprint density at radius 3 is 2.37 bits per heavy atom. The van der Waals surface area contributed by atoms with Crippen LogP contribution < -0.4 is 0 Å². The number of rotatable bonds is 8.